The molecule has 0 aliphatic carbocycles. The topological polar surface area (TPSA) is 59.9 Å². The summed E-state index contributed by atoms with van der Waals surface area (Å²) in [7, 11) is 3.32. The molecule has 5 nitrogen and oxygen atoms in total. The van der Waals surface area contributed by atoms with Crippen LogP contribution in [0.5, 0.6) is 0 Å². The third-order valence-corrected chi connectivity index (χ3v) is 3.77. The Bertz CT molecular complexity index is 879. The predicted molar refractivity (Wildman–Crippen MR) is 82.5 cm³/mol. The lowest BCUT2D eigenvalue weighted by molar-refractivity contribution is 0.0589. The zero-order valence-corrected chi connectivity index (χ0v) is 12.4. The van der Waals surface area contributed by atoms with E-state index < -0.39 is 0 Å². The van der Waals surface area contributed by atoms with E-state index >= 15 is 0 Å². The molecule has 0 atom stereocenters. The maximum absolute atomic E-state index is 12.0. The van der Waals surface area contributed by atoms with E-state index in [1.165, 1.54) is 7.11 Å². The number of nitrogens with zero attached hydrogens (tertiary/aromatic N) is 3. The number of fused-ring (bicyclic) bond motifs is 1. The molecule has 3 rings (SSSR count). The average Bonchev–Trinajstić information content (AvgIpc) is 3.08. The van der Waals surface area contributed by atoms with Crippen molar-refractivity contribution in [1.82, 2.24) is 9.13 Å². The van der Waals surface area contributed by atoms with Gasteiger partial charge in [0.25, 0.3) is 0 Å². The summed E-state index contributed by atoms with van der Waals surface area (Å²) in [5.41, 5.74) is 4.12. The summed E-state index contributed by atoms with van der Waals surface area (Å²) in [6, 6.07) is 13.3. The fourth-order valence-electron chi connectivity index (χ4n) is 2.58. The second kappa shape index (κ2) is 5.41. The Balaban J connectivity index is 2.07. The molecule has 0 spiro atoms. The minimum absolute atomic E-state index is 0.357. The highest BCUT2D eigenvalue weighted by Gasteiger charge is 2.17. The molecular formula is C17H15N3O2. The van der Waals surface area contributed by atoms with E-state index in [9.17, 15) is 4.79 Å². The number of methoxy groups -OCH3 is 1. The van der Waals surface area contributed by atoms with Crippen molar-refractivity contribution in [2.75, 3.05) is 7.11 Å². The van der Waals surface area contributed by atoms with Gasteiger partial charge in [-0.15, -0.1) is 0 Å². The molecule has 0 amide bonds. The Morgan fingerprint density at radius 2 is 1.95 bits per heavy atom. The summed E-state index contributed by atoms with van der Waals surface area (Å²) >= 11 is 0. The molecule has 0 radical (unpaired) electrons. The number of carbonyl (C=O) groups excluding carboxylic acids is 1. The Morgan fingerprint density at radius 1 is 1.23 bits per heavy atom. The first-order valence-electron chi connectivity index (χ1n) is 6.86. The lowest BCUT2D eigenvalue weighted by atomic mass is 10.1. The molecule has 0 saturated heterocycles. The third kappa shape index (κ3) is 2.25. The molecule has 0 N–H and O–H groups in total. The van der Waals surface area contributed by atoms with Crippen molar-refractivity contribution >= 4 is 17.0 Å². The minimum atomic E-state index is -0.357. The molecule has 2 heterocycles. The molecule has 0 fully saturated rings. The van der Waals surface area contributed by atoms with E-state index in [1.807, 2.05) is 46.6 Å². The van der Waals surface area contributed by atoms with E-state index in [0.717, 1.165) is 16.6 Å². The number of ether oxygens (including phenoxy) is 1. The van der Waals surface area contributed by atoms with Gasteiger partial charge in [-0.3, -0.25) is 0 Å². The largest absolute Gasteiger partial charge is 0.464 e. The zero-order valence-electron chi connectivity index (χ0n) is 12.4. The Morgan fingerprint density at radius 3 is 2.59 bits per heavy atom. The SMILES string of the molecule is COC(=O)c1cc2c(ccn2C)n1Cc1ccc(C#N)cc1. The van der Waals surface area contributed by atoms with E-state index in [4.69, 9.17) is 10.00 Å². The van der Waals surface area contributed by atoms with Crippen LogP contribution in [0, 0.1) is 11.3 Å². The highest BCUT2D eigenvalue weighted by Crippen LogP contribution is 2.23. The molecule has 2 aromatic heterocycles. The van der Waals surface area contributed by atoms with Gasteiger partial charge in [0, 0.05) is 19.8 Å². The minimum Gasteiger partial charge on any atom is -0.464 e. The summed E-state index contributed by atoms with van der Waals surface area (Å²) in [6.45, 7) is 0.545. The van der Waals surface area contributed by atoms with Crippen molar-refractivity contribution in [3.8, 4) is 6.07 Å². The highest BCUT2D eigenvalue weighted by atomic mass is 16.5. The van der Waals surface area contributed by atoms with Gasteiger partial charge in [0.1, 0.15) is 5.69 Å². The monoisotopic (exact) mass is 293 g/mol. The number of esters is 1. The number of hydrogen-bond donors (Lipinski definition) is 0. The summed E-state index contributed by atoms with van der Waals surface area (Å²) in [5.74, 6) is -0.357. The number of aryl methyl sites for hydroxylation is 1. The highest BCUT2D eigenvalue weighted by molar-refractivity contribution is 5.94. The van der Waals surface area contributed by atoms with Gasteiger partial charge in [-0.1, -0.05) is 12.1 Å². The fourth-order valence-corrected chi connectivity index (χ4v) is 2.58. The van der Waals surface area contributed by atoms with Crippen LogP contribution < -0.4 is 0 Å². The molecule has 5 heteroatoms. The lowest BCUT2D eigenvalue weighted by Crippen LogP contribution is -2.11. The molecule has 3 aromatic rings. The first-order chi connectivity index (χ1) is 10.6. The van der Waals surface area contributed by atoms with E-state index in [-0.39, 0.29) is 5.97 Å². The molecule has 0 saturated carbocycles. The second-order valence-electron chi connectivity index (χ2n) is 5.11. The number of nitriles is 1. The standard InChI is InChI=1S/C17H15N3O2/c1-19-8-7-14-15(19)9-16(17(21)22-2)20(14)11-13-5-3-12(10-18)4-6-13/h3-9H,11H2,1-2H3. The summed E-state index contributed by atoms with van der Waals surface area (Å²) in [4.78, 5) is 12.0. The molecule has 22 heavy (non-hydrogen) atoms. The maximum Gasteiger partial charge on any atom is 0.354 e. The first-order valence-corrected chi connectivity index (χ1v) is 6.86. The molecule has 0 aliphatic heterocycles. The number of carbonyl (C=O) groups is 1. The smallest absolute Gasteiger partial charge is 0.354 e. The van der Waals surface area contributed by atoms with Crippen molar-refractivity contribution < 1.29 is 9.53 Å². The van der Waals surface area contributed by atoms with Crippen LogP contribution in [0.15, 0.2) is 42.6 Å². The lowest BCUT2D eigenvalue weighted by Gasteiger charge is -2.09. The molecule has 1 aromatic carbocycles. The maximum atomic E-state index is 12.0. The number of benzene rings is 1. The normalized spacial score (nSPS) is 10.6. The van der Waals surface area contributed by atoms with Crippen molar-refractivity contribution in [2.45, 2.75) is 6.54 Å². The quantitative estimate of drug-likeness (QED) is 0.698. The average molecular weight is 293 g/mol. The molecule has 0 bridgehead atoms. The Kier molecular flexibility index (Phi) is 3.43. The van der Waals surface area contributed by atoms with Crippen molar-refractivity contribution in [1.29, 1.82) is 5.26 Å². The van der Waals surface area contributed by atoms with Crippen LogP contribution >= 0.6 is 0 Å². The van der Waals surface area contributed by atoms with Crippen LogP contribution in [0.1, 0.15) is 21.6 Å². The van der Waals surface area contributed by atoms with E-state index in [0.29, 0.717) is 17.8 Å². The van der Waals surface area contributed by atoms with Gasteiger partial charge in [0.15, 0.2) is 0 Å². The molecular weight excluding hydrogens is 278 g/mol. The van der Waals surface area contributed by atoms with Gasteiger partial charge in [-0.2, -0.15) is 5.26 Å². The van der Waals surface area contributed by atoms with Gasteiger partial charge in [0.05, 0.1) is 29.8 Å². The van der Waals surface area contributed by atoms with E-state index in [2.05, 4.69) is 6.07 Å². The van der Waals surface area contributed by atoms with Crippen LogP contribution in [-0.4, -0.2) is 22.2 Å². The van der Waals surface area contributed by atoms with Crippen LogP contribution in [0.25, 0.3) is 11.0 Å². The van der Waals surface area contributed by atoms with Crippen LogP contribution in [0.3, 0.4) is 0 Å². The fraction of sp³-hybridized carbons (Fsp3) is 0.176. The van der Waals surface area contributed by atoms with Gasteiger partial charge in [-0.05, 0) is 29.8 Å². The first kappa shape index (κ1) is 14.0. The summed E-state index contributed by atoms with van der Waals surface area (Å²) in [6.07, 6.45) is 1.96. The Hall–Kier alpha value is -3.00. The van der Waals surface area contributed by atoms with Crippen molar-refractivity contribution in [3.63, 3.8) is 0 Å². The van der Waals surface area contributed by atoms with E-state index in [1.54, 1.807) is 12.1 Å². The number of hydrogen-bond acceptors (Lipinski definition) is 3. The van der Waals surface area contributed by atoms with Gasteiger partial charge >= 0.3 is 5.97 Å². The number of rotatable bonds is 3. The predicted octanol–water partition coefficient (Wildman–Crippen LogP) is 2.69. The van der Waals surface area contributed by atoms with Crippen molar-refractivity contribution in [2.24, 2.45) is 7.05 Å². The zero-order chi connectivity index (χ0) is 15.7. The van der Waals surface area contributed by atoms with Crippen molar-refractivity contribution in [3.05, 3.63) is 59.4 Å². The summed E-state index contributed by atoms with van der Waals surface area (Å²) in [5, 5.41) is 8.86. The van der Waals surface area contributed by atoms with Crippen LogP contribution in [-0.2, 0) is 18.3 Å². The number of aromatic nitrogens is 2. The third-order valence-electron chi connectivity index (χ3n) is 3.77. The van der Waals surface area contributed by atoms with Gasteiger partial charge in [-0.25, -0.2) is 4.79 Å². The van der Waals surface area contributed by atoms with Crippen LogP contribution in [0.2, 0.25) is 0 Å². The van der Waals surface area contributed by atoms with Gasteiger partial charge < -0.3 is 13.9 Å². The molecule has 0 aliphatic rings. The van der Waals surface area contributed by atoms with Gasteiger partial charge in [0.2, 0.25) is 0 Å². The summed E-state index contributed by atoms with van der Waals surface area (Å²) < 4.78 is 8.78. The van der Waals surface area contributed by atoms with Crippen LogP contribution in [0.4, 0.5) is 0 Å². The molecule has 0 unspecified atom stereocenters. The Labute approximate surface area is 128 Å². The second-order valence-corrected chi connectivity index (χ2v) is 5.11. The molecule has 110 valence electrons.